The first-order chi connectivity index (χ1) is 18.6. The molecule has 10 heteroatoms. The summed E-state index contributed by atoms with van der Waals surface area (Å²) in [4.78, 5) is 7.43. The lowest BCUT2D eigenvalue weighted by Gasteiger charge is -2.41. The average molecular weight is 517 g/mol. The van der Waals surface area contributed by atoms with Crippen LogP contribution in [0.15, 0.2) is 72.0 Å². The fraction of sp³-hybridized carbons (Fsp3) is 0.357. The van der Waals surface area contributed by atoms with E-state index in [0.717, 1.165) is 60.3 Å². The van der Waals surface area contributed by atoms with E-state index in [-0.39, 0.29) is 12.4 Å². The minimum Gasteiger partial charge on any atom is -0.395 e. The van der Waals surface area contributed by atoms with Crippen LogP contribution in [-0.2, 0) is 12.2 Å². The second-order valence-electron chi connectivity index (χ2n) is 10.1. The number of anilines is 1. The molecular weight excluding hydrogens is 483 g/mol. The van der Waals surface area contributed by atoms with Crippen molar-refractivity contribution in [2.45, 2.75) is 31.1 Å². The van der Waals surface area contributed by atoms with Gasteiger partial charge in [0, 0.05) is 36.4 Å². The van der Waals surface area contributed by atoms with Gasteiger partial charge in [-0.2, -0.15) is 5.10 Å². The van der Waals surface area contributed by atoms with Gasteiger partial charge in [0.2, 0.25) is 0 Å². The fourth-order valence-electron chi connectivity index (χ4n) is 5.58. The van der Waals surface area contributed by atoms with Crippen molar-refractivity contribution >= 4 is 22.9 Å². The Hall–Kier alpha value is -3.73. The topological polar surface area (TPSA) is 94.7 Å². The monoisotopic (exact) mass is 516 g/mol. The van der Waals surface area contributed by atoms with Gasteiger partial charge in [-0.05, 0) is 74.0 Å². The predicted molar refractivity (Wildman–Crippen MR) is 147 cm³/mol. The minimum absolute atomic E-state index is 0.167. The van der Waals surface area contributed by atoms with Gasteiger partial charge in [-0.15, -0.1) is 0 Å². The highest BCUT2D eigenvalue weighted by molar-refractivity contribution is 5.83. The quantitative estimate of drug-likeness (QED) is 0.273. The van der Waals surface area contributed by atoms with Gasteiger partial charge >= 0.3 is 0 Å². The van der Waals surface area contributed by atoms with E-state index in [2.05, 4.69) is 50.3 Å². The lowest BCUT2D eigenvalue weighted by atomic mass is 10.00. The number of nitrogens with one attached hydrogen (secondary N) is 3. The van der Waals surface area contributed by atoms with Crippen LogP contribution < -0.4 is 16.1 Å². The van der Waals surface area contributed by atoms with Gasteiger partial charge in [-0.3, -0.25) is 19.7 Å². The maximum absolute atomic E-state index is 13.7. The minimum atomic E-state index is -0.661. The van der Waals surface area contributed by atoms with Gasteiger partial charge in [-0.1, -0.05) is 12.1 Å². The normalized spacial score (nSPS) is 19.9. The number of rotatable bonds is 9. The van der Waals surface area contributed by atoms with Crippen molar-refractivity contribution < 1.29 is 9.50 Å². The molecule has 198 valence electrons. The Kier molecular flexibility index (Phi) is 6.84. The molecule has 1 atom stereocenters. The van der Waals surface area contributed by atoms with Gasteiger partial charge in [-0.25, -0.2) is 9.38 Å². The number of aliphatic hydroxyl groups is 1. The van der Waals surface area contributed by atoms with Gasteiger partial charge in [0.05, 0.1) is 30.6 Å². The summed E-state index contributed by atoms with van der Waals surface area (Å²) in [5.74, 6) is -0.242. The number of fused-ring (bicyclic) bond motifs is 2. The second-order valence-corrected chi connectivity index (χ2v) is 10.1. The molecule has 1 saturated heterocycles. The van der Waals surface area contributed by atoms with Crippen LogP contribution in [0.3, 0.4) is 0 Å². The smallest absolute Gasteiger partial charge is 0.187 e. The molecule has 2 aromatic heterocycles. The standard InChI is InChI=1S/C28H33FN8O/c29-23-4-1-3-21(15-23)18-37-26-7-6-25(16-22(26)17-32-37)34-28(27-5-2-11-36(27)33-20-31-28)19-35-12-8-24(9-13-35)30-10-14-38/h1-7,11,15-17,20,24,30,34,38H,8-10,12-14,18-19H2,(H,31,33). The first-order valence-corrected chi connectivity index (χ1v) is 13.1. The van der Waals surface area contributed by atoms with E-state index in [4.69, 9.17) is 10.1 Å². The Balaban J connectivity index is 1.24. The van der Waals surface area contributed by atoms with Crippen molar-refractivity contribution in [3.63, 3.8) is 0 Å². The van der Waals surface area contributed by atoms with E-state index >= 15 is 0 Å². The first kappa shape index (κ1) is 24.6. The number of aliphatic imine (C=N–C) groups is 1. The number of hydrogen-bond acceptors (Lipinski definition) is 7. The zero-order valence-electron chi connectivity index (χ0n) is 21.2. The van der Waals surface area contributed by atoms with E-state index in [9.17, 15) is 4.39 Å². The molecule has 6 rings (SSSR count). The Morgan fingerprint density at radius 3 is 2.84 bits per heavy atom. The molecule has 0 spiro atoms. The van der Waals surface area contributed by atoms with Crippen LogP contribution in [0.2, 0.25) is 0 Å². The molecule has 1 unspecified atom stereocenters. The van der Waals surface area contributed by atoms with Crippen LogP contribution in [0.5, 0.6) is 0 Å². The van der Waals surface area contributed by atoms with E-state index in [1.54, 1.807) is 18.5 Å². The number of halogens is 1. The first-order valence-electron chi connectivity index (χ1n) is 13.1. The molecule has 0 radical (unpaired) electrons. The van der Waals surface area contributed by atoms with Crippen molar-refractivity contribution in [2.24, 2.45) is 4.99 Å². The zero-order chi connectivity index (χ0) is 26.0. The lowest BCUT2D eigenvalue weighted by Crippen LogP contribution is -2.52. The third-order valence-electron chi connectivity index (χ3n) is 7.45. The average Bonchev–Trinajstić information content (AvgIpc) is 3.56. The number of aliphatic hydroxyl groups excluding tert-OH is 1. The van der Waals surface area contributed by atoms with E-state index in [1.165, 1.54) is 6.07 Å². The molecule has 0 saturated carbocycles. The molecule has 2 aliphatic heterocycles. The highest BCUT2D eigenvalue weighted by Gasteiger charge is 2.39. The number of hydrogen-bond donors (Lipinski definition) is 4. The second kappa shape index (κ2) is 10.6. The van der Waals surface area contributed by atoms with Crippen LogP contribution in [0.25, 0.3) is 10.9 Å². The number of nitrogens with zero attached hydrogens (tertiary/aromatic N) is 5. The summed E-state index contributed by atoms with van der Waals surface area (Å²) in [6, 6.07) is 17.4. The molecule has 4 N–H and O–H groups in total. The maximum Gasteiger partial charge on any atom is 0.187 e. The summed E-state index contributed by atoms with van der Waals surface area (Å²) in [7, 11) is 0. The Labute approximate surface area is 220 Å². The fourth-order valence-corrected chi connectivity index (χ4v) is 5.58. The van der Waals surface area contributed by atoms with E-state index < -0.39 is 5.66 Å². The zero-order valence-corrected chi connectivity index (χ0v) is 21.2. The van der Waals surface area contributed by atoms with Crippen LogP contribution >= 0.6 is 0 Å². The van der Waals surface area contributed by atoms with Gasteiger partial charge < -0.3 is 15.7 Å². The molecule has 38 heavy (non-hydrogen) atoms. The van der Waals surface area contributed by atoms with Crippen molar-refractivity contribution in [3.05, 3.63) is 84.1 Å². The number of likely N-dealkylation sites (tertiary alicyclic amines) is 1. The van der Waals surface area contributed by atoms with Crippen molar-refractivity contribution in [1.29, 1.82) is 0 Å². The van der Waals surface area contributed by atoms with Crippen molar-refractivity contribution in [3.8, 4) is 0 Å². The maximum atomic E-state index is 13.7. The molecule has 2 aromatic carbocycles. The van der Waals surface area contributed by atoms with Crippen LogP contribution in [-0.4, -0.2) is 69.6 Å². The Bertz CT molecular complexity index is 1420. The number of piperidine rings is 1. The number of benzene rings is 2. The summed E-state index contributed by atoms with van der Waals surface area (Å²) in [6.45, 7) is 3.95. The summed E-state index contributed by atoms with van der Waals surface area (Å²) in [6.07, 6.45) is 7.68. The van der Waals surface area contributed by atoms with E-state index in [1.807, 2.05) is 33.9 Å². The third kappa shape index (κ3) is 5.02. The summed E-state index contributed by atoms with van der Waals surface area (Å²) in [5, 5.41) is 21.9. The van der Waals surface area contributed by atoms with Crippen LogP contribution in [0, 0.1) is 5.82 Å². The summed E-state index contributed by atoms with van der Waals surface area (Å²) in [5.41, 5.74) is 6.40. The molecule has 0 aliphatic carbocycles. The van der Waals surface area contributed by atoms with Gasteiger partial charge in [0.15, 0.2) is 5.66 Å². The van der Waals surface area contributed by atoms with E-state index in [0.29, 0.717) is 19.1 Å². The van der Waals surface area contributed by atoms with Crippen LogP contribution in [0.1, 0.15) is 24.1 Å². The van der Waals surface area contributed by atoms with Crippen molar-refractivity contribution in [2.75, 3.05) is 43.5 Å². The van der Waals surface area contributed by atoms with Gasteiger partial charge in [0.25, 0.3) is 0 Å². The Morgan fingerprint density at radius 1 is 1.11 bits per heavy atom. The largest absolute Gasteiger partial charge is 0.395 e. The molecule has 0 bridgehead atoms. The Morgan fingerprint density at radius 2 is 2.00 bits per heavy atom. The molecule has 1 fully saturated rings. The molecule has 0 amide bonds. The highest BCUT2D eigenvalue weighted by atomic mass is 19.1. The predicted octanol–water partition coefficient (Wildman–Crippen LogP) is 2.92. The highest BCUT2D eigenvalue weighted by Crippen LogP contribution is 2.33. The molecule has 9 nitrogen and oxygen atoms in total. The lowest BCUT2D eigenvalue weighted by molar-refractivity contribution is 0.160. The molecule has 4 aromatic rings. The molecule has 4 heterocycles. The SMILES string of the molecule is OCCNC1CCN(CC2(Nc3ccc4c(cnn4Cc4cccc(F)c4)c3)N=CNn3cccc32)CC1. The molecular formula is C28H33FN8O. The van der Waals surface area contributed by atoms with Gasteiger partial charge in [0.1, 0.15) is 12.2 Å². The van der Waals surface area contributed by atoms with Crippen molar-refractivity contribution in [1.82, 2.24) is 24.7 Å². The molecule has 2 aliphatic rings. The number of aromatic nitrogens is 3. The summed E-state index contributed by atoms with van der Waals surface area (Å²) >= 11 is 0. The summed E-state index contributed by atoms with van der Waals surface area (Å²) < 4.78 is 17.6. The van der Waals surface area contributed by atoms with Crippen LogP contribution in [0.4, 0.5) is 10.1 Å². The third-order valence-corrected chi connectivity index (χ3v) is 7.45.